The van der Waals surface area contributed by atoms with Crippen LogP contribution in [0.3, 0.4) is 0 Å². The molecule has 0 saturated heterocycles. The first kappa shape index (κ1) is 26.8. The van der Waals surface area contributed by atoms with Crippen molar-refractivity contribution in [3.8, 4) is 0 Å². The third-order valence-corrected chi connectivity index (χ3v) is 2.97. The minimum atomic E-state index is -0.468. The molecule has 0 aliphatic rings. The van der Waals surface area contributed by atoms with Crippen LogP contribution in [0.5, 0.6) is 0 Å². The maximum absolute atomic E-state index is 10.5. The van der Waals surface area contributed by atoms with E-state index in [1.54, 1.807) is 0 Å². The maximum atomic E-state index is 10.5. The van der Waals surface area contributed by atoms with Crippen LogP contribution >= 0.6 is 0 Å². The maximum Gasteiger partial charge on any atom is 0.321 e. The summed E-state index contributed by atoms with van der Waals surface area (Å²) < 4.78 is 4.87. The molecule has 1 radical (unpaired) electrons. The SMILES string of the molecule is CC(=O)ON.CCCCCCCCCCCCOC(C)=O.[Na]. The second-order valence-electron chi connectivity index (χ2n) is 5.13. The van der Waals surface area contributed by atoms with Gasteiger partial charge in [-0.25, -0.2) is 0 Å². The van der Waals surface area contributed by atoms with Gasteiger partial charge in [0.05, 0.1) is 6.61 Å². The van der Waals surface area contributed by atoms with Crippen molar-refractivity contribution in [3.63, 3.8) is 0 Å². The third kappa shape index (κ3) is 32.0. The van der Waals surface area contributed by atoms with Crippen LogP contribution in [0.2, 0.25) is 0 Å². The van der Waals surface area contributed by atoms with Gasteiger partial charge in [0, 0.05) is 43.4 Å². The normalized spacial score (nSPS) is 9.09. The summed E-state index contributed by atoms with van der Waals surface area (Å²) in [6, 6.07) is 0. The van der Waals surface area contributed by atoms with E-state index < -0.39 is 5.97 Å². The topological polar surface area (TPSA) is 78.6 Å². The number of hydrogen-bond donors (Lipinski definition) is 1. The van der Waals surface area contributed by atoms with Crippen LogP contribution in [0.25, 0.3) is 0 Å². The fourth-order valence-corrected chi connectivity index (χ4v) is 1.81. The first-order chi connectivity index (χ1) is 10.0. The van der Waals surface area contributed by atoms with Gasteiger partial charge in [0.2, 0.25) is 0 Å². The molecule has 127 valence electrons. The van der Waals surface area contributed by atoms with Crippen molar-refractivity contribution in [3.05, 3.63) is 0 Å². The molecule has 0 saturated carbocycles. The van der Waals surface area contributed by atoms with E-state index in [1.807, 2.05) is 0 Å². The van der Waals surface area contributed by atoms with Gasteiger partial charge in [0.1, 0.15) is 0 Å². The Labute approximate surface area is 157 Å². The Morgan fingerprint density at radius 2 is 1.14 bits per heavy atom. The molecule has 0 amide bonds. The van der Waals surface area contributed by atoms with Gasteiger partial charge in [0.25, 0.3) is 0 Å². The number of ether oxygens (including phenoxy) is 1. The average molecular weight is 326 g/mol. The summed E-state index contributed by atoms with van der Waals surface area (Å²) in [4.78, 5) is 23.6. The molecule has 0 aromatic rings. The van der Waals surface area contributed by atoms with Gasteiger partial charge in [-0.05, 0) is 6.42 Å². The summed E-state index contributed by atoms with van der Waals surface area (Å²) >= 11 is 0. The molecule has 5 nitrogen and oxygen atoms in total. The Bertz CT molecular complexity index is 250. The standard InChI is InChI=1S/C14H28O2.C2H5NO2.Na/c1-3-4-5-6-7-8-9-10-11-12-13-16-14(2)15;1-2(4)5-3;/h3-13H2,1-2H3;3H2,1H3;. The van der Waals surface area contributed by atoms with Gasteiger partial charge in [-0.15, -0.1) is 0 Å². The van der Waals surface area contributed by atoms with Gasteiger partial charge in [0.15, 0.2) is 0 Å². The minimum absolute atomic E-state index is 0. The number of carbonyl (C=O) groups is 2. The Balaban J connectivity index is -0.000000520. The summed E-state index contributed by atoms with van der Waals surface area (Å²) in [5, 5.41) is 0. The second-order valence-corrected chi connectivity index (χ2v) is 5.13. The predicted octanol–water partition coefficient (Wildman–Crippen LogP) is 3.51. The minimum Gasteiger partial charge on any atom is -0.466 e. The molecule has 0 rings (SSSR count). The smallest absolute Gasteiger partial charge is 0.321 e. The molecule has 22 heavy (non-hydrogen) atoms. The van der Waals surface area contributed by atoms with Crippen molar-refractivity contribution >= 4 is 41.5 Å². The van der Waals surface area contributed by atoms with Crippen LogP contribution in [-0.4, -0.2) is 48.1 Å². The van der Waals surface area contributed by atoms with E-state index >= 15 is 0 Å². The van der Waals surface area contributed by atoms with Crippen molar-refractivity contribution in [1.29, 1.82) is 0 Å². The van der Waals surface area contributed by atoms with Crippen LogP contribution in [0.15, 0.2) is 0 Å². The zero-order valence-electron chi connectivity index (χ0n) is 15.0. The predicted molar refractivity (Wildman–Crippen MR) is 90.2 cm³/mol. The van der Waals surface area contributed by atoms with E-state index in [9.17, 15) is 9.59 Å². The quantitative estimate of drug-likeness (QED) is 0.272. The molecule has 0 spiro atoms. The van der Waals surface area contributed by atoms with Crippen LogP contribution in [0, 0.1) is 0 Å². The summed E-state index contributed by atoms with van der Waals surface area (Å²) in [6.45, 7) is 5.56. The Hall–Kier alpha value is -0.100. The van der Waals surface area contributed by atoms with E-state index in [2.05, 4.69) is 17.7 Å². The van der Waals surface area contributed by atoms with Gasteiger partial charge in [-0.1, -0.05) is 64.7 Å². The summed E-state index contributed by atoms with van der Waals surface area (Å²) in [5.41, 5.74) is 0. The molecule has 0 heterocycles. The molecule has 0 aromatic carbocycles. The number of rotatable bonds is 11. The summed E-state index contributed by atoms with van der Waals surface area (Å²) in [7, 11) is 0. The fourth-order valence-electron chi connectivity index (χ4n) is 1.81. The fraction of sp³-hybridized carbons (Fsp3) is 0.875. The summed E-state index contributed by atoms with van der Waals surface area (Å²) in [6.07, 6.45) is 13.1. The van der Waals surface area contributed by atoms with Crippen LogP contribution in [0.1, 0.15) is 85.0 Å². The molecular weight excluding hydrogens is 293 g/mol. The Morgan fingerprint density at radius 3 is 1.45 bits per heavy atom. The number of hydrogen-bond acceptors (Lipinski definition) is 5. The van der Waals surface area contributed by atoms with Crippen molar-refractivity contribution in [2.45, 2.75) is 85.0 Å². The van der Waals surface area contributed by atoms with E-state index in [-0.39, 0.29) is 35.5 Å². The molecule has 0 fully saturated rings. The number of unbranched alkanes of at least 4 members (excludes halogenated alkanes) is 9. The van der Waals surface area contributed by atoms with Crippen molar-refractivity contribution in [1.82, 2.24) is 0 Å². The molecule has 2 N–H and O–H groups in total. The molecule has 0 aromatic heterocycles. The van der Waals surface area contributed by atoms with E-state index in [4.69, 9.17) is 4.74 Å². The van der Waals surface area contributed by atoms with E-state index in [0.717, 1.165) is 6.42 Å². The molecule has 0 aliphatic heterocycles. The monoisotopic (exact) mass is 326 g/mol. The van der Waals surface area contributed by atoms with Crippen LogP contribution < -0.4 is 5.90 Å². The molecule has 0 unspecified atom stereocenters. The number of nitrogens with two attached hydrogens (primary N) is 1. The first-order valence-corrected chi connectivity index (χ1v) is 8.05. The zero-order chi connectivity index (χ0) is 16.3. The number of esters is 1. The number of carbonyl (C=O) groups excluding carboxylic acids is 2. The second kappa shape index (κ2) is 23.2. The van der Waals surface area contributed by atoms with Gasteiger partial charge in [-0.2, -0.15) is 5.90 Å². The third-order valence-electron chi connectivity index (χ3n) is 2.97. The average Bonchev–Trinajstić information content (AvgIpc) is 2.45. The summed E-state index contributed by atoms with van der Waals surface area (Å²) in [5.74, 6) is 3.70. The zero-order valence-corrected chi connectivity index (χ0v) is 17.0. The Morgan fingerprint density at radius 1 is 0.773 bits per heavy atom. The molecule has 0 aliphatic carbocycles. The van der Waals surface area contributed by atoms with Crippen LogP contribution in [0.4, 0.5) is 0 Å². The van der Waals surface area contributed by atoms with E-state index in [0.29, 0.717) is 6.61 Å². The molecule has 0 atom stereocenters. The van der Waals surface area contributed by atoms with Crippen molar-refractivity contribution < 1.29 is 19.2 Å². The largest absolute Gasteiger partial charge is 0.466 e. The van der Waals surface area contributed by atoms with Crippen LogP contribution in [-0.2, 0) is 19.2 Å². The van der Waals surface area contributed by atoms with Crippen molar-refractivity contribution in [2.24, 2.45) is 5.90 Å². The molecular formula is C16H33NNaO4. The van der Waals surface area contributed by atoms with Gasteiger partial charge >= 0.3 is 11.9 Å². The molecule has 6 heteroatoms. The van der Waals surface area contributed by atoms with E-state index in [1.165, 1.54) is 71.6 Å². The van der Waals surface area contributed by atoms with Gasteiger partial charge in [-0.3, -0.25) is 9.59 Å². The first-order valence-electron chi connectivity index (χ1n) is 8.05. The van der Waals surface area contributed by atoms with Gasteiger partial charge < -0.3 is 9.57 Å². The Kier molecular flexibility index (Phi) is 28.2. The van der Waals surface area contributed by atoms with Crippen molar-refractivity contribution in [2.75, 3.05) is 6.61 Å². The molecule has 0 bridgehead atoms.